The summed E-state index contributed by atoms with van der Waals surface area (Å²) in [5.41, 5.74) is -0.176. The Bertz CT molecular complexity index is 184. The van der Waals surface area contributed by atoms with E-state index in [0.717, 1.165) is 0 Å². The van der Waals surface area contributed by atoms with Crippen LogP contribution in [0.2, 0.25) is 0 Å². The van der Waals surface area contributed by atoms with E-state index in [2.05, 4.69) is 12.2 Å². The van der Waals surface area contributed by atoms with Crippen LogP contribution in [0.25, 0.3) is 0 Å². The molecule has 1 rings (SSSR count). The molecular weight excluding hydrogens is 190 g/mol. The number of rotatable bonds is 5. The van der Waals surface area contributed by atoms with E-state index in [4.69, 9.17) is 0 Å². The summed E-state index contributed by atoms with van der Waals surface area (Å²) in [5.74, 6) is 0. The molecule has 0 saturated heterocycles. The van der Waals surface area contributed by atoms with Crippen molar-refractivity contribution >= 4 is 0 Å². The minimum Gasteiger partial charge on any atom is -0.396 e. The highest BCUT2D eigenvalue weighted by atomic mass is 16.3. The normalized spacial score (nSPS) is 21.6. The summed E-state index contributed by atoms with van der Waals surface area (Å²) in [6.45, 7) is 4.92. The second-order valence-electron chi connectivity index (χ2n) is 5.60. The van der Waals surface area contributed by atoms with Crippen LogP contribution in [-0.2, 0) is 0 Å². The maximum absolute atomic E-state index is 9.20. The number of aliphatic hydroxyl groups excluding tert-OH is 2. The molecule has 15 heavy (non-hydrogen) atoms. The maximum Gasteiger partial charge on any atom is 0.0519 e. The third-order valence-corrected chi connectivity index (χ3v) is 3.66. The van der Waals surface area contributed by atoms with Gasteiger partial charge in [-0.1, -0.05) is 26.2 Å². The van der Waals surface area contributed by atoms with Gasteiger partial charge in [-0.05, 0) is 19.8 Å². The molecule has 1 aliphatic rings. The third-order valence-electron chi connectivity index (χ3n) is 3.66. The fourth-order valence-electron chi connectivity index (χ4n) is 2.10. The van der Waals surface area contributed by atoms with E-state index in [1.807, 2.05) is 6.92 Å². The number of hydrogen-bond donors (Lipinski definition) is 3. The molecule has 1 saturated carbocycles. The van der Waals surface area contributed by atoms with Crippen LogP contribution in [0.1, 0.15) is 46.0 Å². The van der Waals surface area contributed by atoms with Crippen molar-refractivity contribution in [3.05, 3.63) is 0 Å². The van der Waals surface area contributed by atoms with Gasteiger partial charge in [-0.2, -0.15) is 0 Å². The van der Waals surface area contributed by atoms with Crippen LogP contribution in [0.15, 0.2) is 0 Å². The molecule has 1 aliphatic carbocycles. The van der Waals surface area contributed by atoms with E-state index in [9.17, 15) is 10.2 Å². The summed E-state index contributed by atoms with van der Waals surface area (Å²) in [4.78, 5) is 0. The van der Waals surface area contributed by atoms with E-state index in [1.54, 1.807) is 0 Å². The van der Waals surface area contributed by atoms with E-state index >= 15 is 0 Å². The van der Waals surface area contributed by atoms with Crippen molar-refractivity contribution in [2.24, 2.45) is 5.41 Å². The Morgan fingerprint density at radius 1 is 1.13 bits per heavy atom. The van der Waals surface area contributed by atoms with Gasteiger partial charge >= 0.3 is 0 Å². The van der Waals surface area contributed by atoms with Gasteiger partial charge in [0.05, 0.1) is 13.2 Å². The molecule has 90 valence electrons. The van der Waals surface area contributed by atoms with Crippen LogP contribution in [0.3, 0.4) is 0 Å². The van der Waals surface area contributed by atoms with Gasteiger partial charge in [-0.3, -0.25) is 0 Å². The highest BCUT2D eigenvalue weighted by Crippen LogP contribution is 2.28. The quantitative estimate of drug-likeness (QED) is 0.648. The average Bonchev–Trinajstić information content (AvgIpc) is 2.27. The predicted molar refractivity (Wildman–Crippen MR) is 61.8 cm³/mol. The summed E-state index contributed by atoms with van der Waals surface area (Å²) in [6.07, 6.45) is 6.34. The predicted octanol–water partition coefficient (Wildman–Crippen LogP) is 1.29. The van der Waals surface area contributed by atoms with Crippen molar-refractivity contribution in [3.8, 4) is 0 Å². The summed E-state index contributed by atoms with van der Waals surface area (Å²) in [6, 6.07) is 0. The molecule has 3 nitrogen and oxygen atoms in total. The topological polar surface area (TPSA) is 52.5 Å². The van der Waals surface area contributed by atoms with E-state index in [1.165, 1.54) is 32.1 Å². The van der Waals surface area contributed by atoms with Gasteiger partial charge in [0.1, 0.15) is 0 Å². The minimum atomic E-state index is -0.388. The lowest BCUT2D eigenvalue weighted by Gasteiger charge is -2.38. The first-order chi connectivity index (χ1) is 7.04. The first-order valence-electron chi connectivity index (χ1n) is 6.00. The van der Waals surface area contributed by atoms with Crippen molar-refractivity contribution in [3.63, 3.8) is 0 Å². The lowest BCUT2D eigenvalue weighted by molar-refractivity contribution is 0.0592. The zero-order chi connectivity index (χ0) is 11.4. The zero-order valence-electron chi connectivity index (χ0n) is 10.1. The van der Waals surface area contributed by atoms with Crippen LogP contribution in [0, 0.1) is 5.41 Å². The molecular formula is C12H25NO2. The molecule has 0 spiro atoms. The van der Waals surface area contributed by atoms with Gasteiger partial charge in [0.2, 0.25) is 0 Å². The molecule has 3 heteroatoms. The van der Waals surface area contributed by atoms with Gasteiger partial charge in [-0.15, -0.1) is 0 Å². The standard InChI is InChI=1S/C12H25NO2/c1-11(9-14,10-15)8-13-12(2)6-4-3-5-7-12/h13-15H,3-10H2,1-2H3. The summed E-state index contributed by atoms with van der Waals surface area (Å²) in [5, 5.41) is 21.9. The lowest BCUT2D eigenvalue weighted by Crippen LogP contribution is -2.50. The molecule has 0 aliphatic heterocycles. The number of hydrogen-bond acceptors (Lipinski definition) is 3. The van der Waals surface area contributed by atoms with Crippen LogP contribution < -0.4 is 5.32 Å². The van der Waals surface area contributed by atoms with Crippen LogP contribution in [0.5, 0.6) is 0 Å². The Balaban J connectivity index is 2.40. The summed E-state index contributed by atoms with van der Waals surface area (Å²) in [7, 11) is 0. The molecule has 0 heterocycles. The second-order valence-corrected chi connectivity index (χ2v) is 5.60. The SMILES string of the molecule is CC(CO)(CO)CNC1(C)CCCCC1. The van der Waals surface area contributed by atoms with Gasteiger partial charge < -0.3 is 15.5 Å². The Labute approximate surface area is 92.9 Å². The number of nitrogens with one attached hydrogen (secondary N) is 1. The summed E-state index contributed by atoms with van der Waals surface area (Å²) < 4.78 is 0. The Morgan fingerprint density at radius 2 is 1.67 bits per heavy atom. The van der Waals surface area contributed by atoms with Gasteiger partial charge in [0, 0.05) is 17.5 Å². The summed E-state index contributed by atoms with van der Waals surface area (Å²) >= 11 is 0. The van der Waals surface area contributed by atoms with E-state index in [-0.39, 0.29) is 24.2 Å². The molecule has 0 unspecified atom stereocenters. The Kier molecular flexibility index (Phi) is 4.56. The minimum absolute atomic E-state index is 0.0343. The molecule has 0 aromatic carbocycles. The average molecular weight is 215 g/mol. The van der Waals surface area contributed by atoms with Crippen molar-refractivity contribution < 1.29 is 10.2 Å². The molecule has 3 N–H and O–H groups in total. The highest BCUT2D eigenvalue weighted by molar-refractivity contribution is 4.89. The van der Waals surface area contributed by atoms with Crippen molar-refractivity contribution in [1.29, 1.82) is 0 Å². The second kappa shape index (κ2) is 5.28. The fourth-order valence-corrected chi connectivity index (χ4v) is 2.10. The smallest absolute Gasteiger partial charge is 0.0519 e. The van der Waals surface area contributed by atoms with E-state index in [0.29, 0.717) is 6.54 Å². The monoisotopic (exact) mass is 215 g/mol. The first kappa shape index (κ1) is 12.9. The zero-order valence-corrected chi connectivity index (χ0v) is 10.1. The number of aliphatic hydroxyl groups is 2. The fraction of sp³-hybridized carbons (Fsp3) is 1.00. The van der Waals surface area contributed by atoms with Crippen molar-refractivity contribution in [1.82, 2.24) is 5.32 Å². The molecule has 1 fully saturated rings. The molecule has 0 aromatic heterocycles. The van der Waals surface area contributed by atoms with Crippen LogP contribution >= 0.6 is 0 Å². The largest absolute Gasteiger partial charge is 0.396 e. The van der Waals surface area contributed by atoms with Crippen LogP contribution in [0.4, 0.5) is 0 Å². The maximum atomic E-state index is 9.20. The molecule has 0 atom stereocenters. The highest BCUT2D eigenvalue weighted by Gasteiger charge is 2.30. The van der Waals surface area contributed by atoms with Gasteiger partial charge in [-0.25, -0.2) is 0 Å². The van der Waals surface area contributed by atoms with Crippen molar-refractivity contribution in [2.45, 2.75) is 51.5 Å². The van der Waals surface area contributed by atoms with E-state index < -0.39 is 0 Å². The first-order valence-corrected chi connectivity index (χ1v) is 6.00. The Hall–Kier alpha value is -0.120. The van der Waals surface area contributed by atoms with Crippen LogP contribution in [-0.4, -0.2) is 35.5 Å². The molecule has 0 bridgehead atoms. The molecule has 0 aromatic rings. The third kappa shape index (κ3) is 3.74. The Morgan fingerprint density at radius 3 is 2.13 bits per heavy atom. The van der Waals surface area contributed by atoms with Gasteiger partial charge in [0.25, 0.3) is 0 Å². The molecule has 0 amide bonds. The molecule has 0 radical (unpaired) electrons. The van der Waals surface area contributed by atoms with Crippen molar-refractivity contribution in [2.75, 3.05) is 19.8 Å². The lowest BCUT2D eigenvalue weighted by atomic mass is 9.82. The van der Waals surface area contributed by atoms with Gasteiger partial charge in [0.15, 0.2) is 0 Å².